The normalized spacial score (nSPS) is 11.8. The van der Waals surface area contributed by atoms with E-state index in [2.05, 4.69) is 185 Å². The molecule has 0 aliphatic heterocycles. The number of fused-ring (bicyclic) bond motifs is 2. The van der Waals surface area contributed by atoms with Crippen molar-refractivity contribution in [3.05, 3.63) is 131 Å². The van der Waals surface area contributed by atoms with Crippen LogP contribution in [0.1, 0.15) is 95.5 Å². The minimum atomic E-state index is 0. The van der Waals surface area contributed by atoms with Crippen molar-refractivity contribution in [2.24, 2.45) is 0 Å². The van der Waals surface area contributed by atoms with Crippen molar-refractivity contribution in [1.82, 2.24) is 0 Å². The average molecular weight is 799 g/mol. The van der Waals surface area contributed by atoms with Gasteiger partial charge in [-0.15, -0.1) is 63.0 Å². The predicted molar refractivity (Wildman–Crippen MR) is 213 cm³/mol. The molecule has 0 aromatic heterocycles. The number of halogens is 2. The molecule has 0 aliphatic carbocycles. The van der Waals surface area contributed by atoms with Crippen LogP contribution in [0.5, 0.6) is 0 Å². The van der Waals surface area contributed by atoms with Crippen LogP contribution in [-0.4, -0.2) is 5.43 Å². The molecule has 6 rings (SSSR count). The van der Waals surface area contributed by atoms with Crippen molar-refractivity contribution in [3.63, 3.8) is 0 Å². The Hall–Kier alpha value is -2.22. The fourth-order valence-corrected chi connectivity index (χ4v) is 6.19. The molecule has 0 radical (unpaired) electrons. The Morgan fingerprint density at radius 2 is 1.12 bits per heavy atom. The summed E-state index contributed by atoms with van der Waals surface area (Å²) < 4.78 is 0. The van der Waals surface area contributed by atoms with Gasteiger partial charge >= 0.3 is 41.9 Å². The third-order valence-electron chi connectivity index (χ3n) is 9.19. The first-order valence-electron chi connectivity index (χ1n) is 17.6. The van der Waals surface area contributed by atoms with Gasteiger partial charge in [0.25, 0.3) is 0 Å². The summed E-state index contributed by atoms with van der Waals surface area (Å²) >= 11 is 1.74. The number of benzene rings is 4. The summed E-state index contributed by atoms with van der Waals surface area (Å²) in [5, 5.41) is 5.45. The molecule has 0 fully saturated rings. The van der Waals surface area contributed by atoms with E-state index in [0.717, 1.165) is 0 Å². The first kappa shape index (κ1) is 43.9. The largest absolute Gasteiger partial charge is 1.00 e. The Kier molecular flexibility index (Phi) is 16.3. The summed E-state index contributed by atoms with van der Waals surface area (Å²) in [7, 11) is 0. The van der Waals surface area contributed by atoms with Gasteiger partial charge in [-0.1, -0.05) is 146 Å². The van der Waals surface area contributed by atoms with Gasteiger partial charge < -0.3 is 24.8 Å². The van der Waals surface area contributed by atoms with Crippen molar-refractivity contribution in [2.45, 2.75) is 106 Å². The van der Waals surface area contributed by atoms with Crippen LogP contribution in [0.3, 0.4) is 0 Å². The van der Waals surface area contributed by atoms with Gasteiger partial charge in [0.1, 0.15) is 0 Å². The SMILES string of the molecule is CCC(C)c1cc2c(-c3ccc(C(C)(C)C)cc3)cccc2[cH-]1.C[Si](C)=[Zr+2].Cc1cc(-c2ccc(C(C)(C)C)cc2)c2cc(C)[cH-]c2c1.[Cl-].[Cl-]. The summed E-state index contributed by atoms with van der Waals surface area (Å²) in [6.07, 6.45) is 1.19. The van der Waals surface area contributed by atoms with Crippen LogP contribution in [0.4, 0.5) is 0 Å². The van der Waals surface area contributed by atoms with Crippen molar-refractivity contribution < 1.29 is 48.1 Å². The maximum atomic E-state index is 2.39. The molecule has 264 valence electrons. The van der Waals surface area contributed by atoms with E-state index in [9.17, 15) is 0 Å². The quantitative estimate of drug-likeness (QED) is 0.126. The predicted octanol–water partition coefficient (Wildman–Crippen LogP) is 7.97. The minimum Gasteiger partial charge on any atom is -1.00 e. The van der Waals surface area contributed by atoms with Gasteiger partial charge in [-0.25, -0.2) is 0 Å². The monoisotopic (exact) mass is 796 g/mol. The molecule has 0 saturated carbocycles. The number of hydrogen-bond donors (Lipinski definition) is 0. The Labute approximate surface area is 331 Å². The fourth-order valence-electron chi connectivity index (χ4n) is 6.19. The molecule has 6 aromatic carbocycles. The second-order valence-corrected chi connectivity index (χ2v) is 25.3. The fraction of sp³-hybridized carbons (Fsp3) is 0.348. The summed E-state index contributed by atoms with van der Waals surface area (Å²) in [5.74, 6) is 0.624. The van der Waals surface area contributed by atoms with E-state index < -0.39 is 0 Å². The summed E-state index contributed by atoms with van der Waals surface area (Å²) in [6, 6.07) is 38.7. The van der Waals surface area contributed by atoms with Crippen molar-refractivity contribution >= 4 is 27.0 Å². The van der Waals surface area contributed by atoms with Crippen molar-refractivity contribution in [3.8, 4) is 22.3 Å². The zero-order valence-electron chi connectivity index (χ0n) is 32.4. The smallest absolute Gasteiger partial charge is 0.0132 e. The van der Waals surface area contributed by atoms with E-state index in [1.807, 2.05) is 0 Å². The molecule has 1 atom stereocenters. The van der Waals surface area contributed by atoms with E-state index in [0.29, 0.717) is 5.92 Å². The van der Waals surface area contributed by atoms with Crippen molar-refractivity contribution in [1.29, 1.82) is 0 Å². The Balaban J connectivity index is 0.000000303. The average Bonchev–Trinajstić information content (AvgIpc) is 3.62. The van der Waals surface area contributed by atoms with Crippen LogP contribution >= 0.6 is 0 Å². The molecule has 0 amide bonds. The topological polar surface area (TPSA) is 0 Å². The number of hydrogen-bond acceptors (Lipinski definition) is 0. The van der Waals surface area contributed by atoms with Crippen LogP contribution in [0.2, 0.25) is 13.1 Å². The third-order valence-corrected chi connectivity index (χ3v) is 9.19. The van der Waals surface area contributed by atoms with E-state index >= 15 is 0 Å². The van der Waals surface area contributed by atoms with Crippen LogP contribution in [0.15, 0.2) is 103 Å². The van der Waals surface area contributed by atoms with E-state index in [4.69, 9.17) is 0 Å². The standard InChI is InChI=1S/C23H27.C21H23.C2H6Si.2ClH.Zr/c1-6-16(2)19-14-18-8-7-9-21(22(18)15-19)17-10-12-20(13-11-17)23(3,4)5;1-14-10-17-11-15(2)13-20(17)19(12-14)16-6-8-18(9-7-16)21(3,4)5;1-3-2;;;/h7-16H,6H2,1-5H3;6-13H,1-5H3;1-2H3;2*1H;/q2*-1;;;;+2/p-2. The van der Waals surface area contributed by atoms with Gasteiger partial charge in [-0.3, -0.25) is 0 Å². The maximum absolute atomic E-state index is 2.39. The molecule has 1 unspecified atom stereocenters. The van der Waals surface area contributed by atoms with Crippen LogP contribution < -0.4 is 24.8 Å². The van der Waals surface area contributed by atoms with Gasteiger partial charge in [0.2, 0.25) is 0 Å². The molecular weight excluding hydrogens is 743 g/mol. The van der Waals surface area contributed by atoms with Crippen molar-refractivity contribution in [2.75, 3.05) is 0 Å². The Morgan fingerprint density at radius 1 is 0.640 bits per heavy atom. The zero-order chi connectivity index (χ0) is 35.4. The third kappa shape index (κ3) is 11.4. The van der Waals surface area contributed by atoms with Gasteiger partial charge in [-0.05, 0) is 45.9 Å². The second kappa shape index (κ2) is 18.5. The molecule has 0 bridgehead atoms. The van der Waals surface area contributed by atoms with E-state index in [-0.39, 0.29) is 41.1 Å². The number of rotatable bonds is 4. The zero-order valence-corrected chi connectivity index (χ0v) is 37.3. The molecule has 0 heterocycles. The summed E-state index contributed by atoms with van der Waals surface area (Å²) in [4.78, 5) is 0. The molecule has 0 aliphatic rings. The van der Waals surface area contributed by atoms with Gasteiger partial charge in [-0.2, -0.15) is 12.1 Å². The molecule has 0 spiro atoms. The molecule has 4 heteroatoms. The molecular formula is C46H56Cl2SiZr-2. The molecule has 0 saturated heterocycles. The number of aryl methyl sites for hydroxylation is 2. The van der Waals surface area contributed by atoms with Crippen LogP contribution in [0, 0.1) is 13.8 Å². The Bertz CT molecular complexity index is 1970. The molecule has 50 heavy (non-hydrogen) atoms. The van der Waals surface area contributed by atoms with E-state index in [1.54, 1.807) is 23.3 Å². The first-order chi connectivity index (χ1) is 22.5. The molecule has 6 aromatic rings. The van der Waals surface area contributed by atoms with Gasteiger partial charge in [0, 0.05) is 0 Å². The minimum absolute atomic E-state index is 0. The van der Waals surface area contributed by atoms with Gasteiger partial charge in [0.05, 0.1) is 0 Å². The summed E-state index contributed by atoms with van der Waals surface area (Å²) in [5.41, 5.74) is 12.8. The maximum Gasteiger partial charge on any atom is -0.0132 e. The van der Waals surface area contributed by atoms with Gasteiger partial charge in [0.15, 0.2) is 0 Å². The Morgan fingerprint density at radius 3 is 1.60 bits per heavy atom. The van der Waals surface area contributed by atoms with Crippen LogP contribution in [0.25, 0.3) is 43.8 Å². The summed E-state index contributed by atoms with van der Waals surface area (Å²) in [6.45, 7) is 27.1. The molecule has 0 N–H and O–H groups in total. The van der Waals surface area contributed by atoms with E-state index in [1.165, 1.54) is 78.0 Å². The molecule has 0 nitrogen and oxygen atoms in total. The van der Waals surface area contributed by atoms with Crippen LogP contribution in [-0.2, 0) is 34.2 Å². The first-order valence-corrected chi connectivity index (χ1v) is 23.8. The second-order valence-electron chi connectivity index (χ2n) is 15.9.